The number of aromatic nitrogens is 1. The minimum absolute atomic E-state index is 0.236. The maximum Gasteiger partial charge on any atom is 0.232 e. The number of benzene rings is 1. The van der Waals surface area contributed by atoms with Gasteiger partial charge in [-0.15, -0.1) is 11.8 Å². The maximum absolute atomic E-state index is 12.6. The number of rotatable bonds is 6. The fraction of sp³-hybridized carbons (Fsp3) is 0.400. The lowest BCUT2D eigenvalue weighted by molar-refractivity contribution is -0.130. The Hall–Kier alpha value is -1.85. The fourth-order valence-corrected chi connectivity index (χ4v) is 4.00. The highest BCUT2D eigenvalue weighted by atomic mass is 32.2. The molecule has 1 amide bonds. The van der Waals surface area contributed by atoms with Crippen LogP contribution in [0.15, 0.2) is 59.8 Å². The molecule has 1 unspecified atom stereocenters. The van der Waals surface area contributed by atoms with Crippen molar-refractivity contribution in [3.8, 4) is 0 Å². The summed E-state index contributed by atoms with van der Waals surface area (Å²) in [6.45, 7) is 2.64. The van der Waals surface area contributed by atoms with E-state index in [1.807, 2.05) is 23.1 Å². The number of nitrogens with zero attached hydrogens (tertiary/aromatic N) is 3. The summed E-state index contributed by atoms with van der Waals surface area (Å²) in [6, 6.07) is 14.9. The van der Waals surface area contributed by atoms with E-state index in [1.54, 1.807) is 24.2 Å². The van der Waals surface area contributed by atoms with Crippen LogP contribution in [0.3, 0.4) is 0 Å². The minimum atomic E-state index is 0.236. The highest BCUT2D eigenvalue weighted by Crippen LogP contribution is 2.20. The van der Waals surface area contributed by atoms with Crippen LogP contribution in [-0.2, 0) is 11.3 Å². The van der Waals surface area contributed by atoms with Crippen molar-refractivity contribution in [1.29, 1.82) is 0 Å². The molecular formula is C20H25N3OS. The quantitative estimate of drug-likeness (QED) is 0.745. The van der Waals surface area contributed by atoms with Gasteiger partial charge in [-0.05, 0) is 37.6 Å². The minimum Gasteiger partial charge on any atom is -0.340 e. The van der Waals surface area contributed by atoms with E-state index in [2.05, 4.69) is 41.2 Å². The number of likely N-dealkylation sites (tertiary alicyclic amines) is 1. The van der Waals surface area contributed by atoms with E-state index in [4.69, 9.17) is 0 Å². The Morgan fingerprint density at radius 2 is 2.00 bits per heavy atom. The number of amides is 1. The van der Waals surface area contributed by atoms with Gasteiger partial charge in [-0.3, -0.25) is 14.7 Å². The van der Waals surface area contributed by atoms with Crippen LogP contribution in [0.4, 0.5) is 0 Å². The van der Waals surface area contributed by atoms with Crippen molar-refractivity contribution in [2.45, 2.75) is 30.3 Å². The summed E-state index contributed by atoms with van der Waals surface area (Å²) in [5.74, 6) is 0.735. The van der Waals surface area contributed by atoms with E-state index in [1.165, 1.54) is 5.56 Å². The third-order valence-corrected chi connectivity index (χ3v) is 5.66. The van der Waals surface area contributed by atoms with Gasteiger partial charge in [0.25, 0.3) is 0 Å². The average molecular weight is 356 g/mol. The number of hydrogen-bond donors (Lipinski definition) is 0. The Morgan fingerprint density at radius 1 is 1.24 bits per heavy atom. The number of hydrogen-bond acceptors (Lipinski definition) is 4. The van der Waals surface area contributed by atoms with Gasteiger partial charge in [-0.2, -0.15) is 0 Å². The zero-order chi connectivity index (χ0) is 17.5. The van der Waals surface area contributed by atoms with Crippen LogP contribution in [-0.4, -0.2) is 52.6 Å². The van der Waals surface area contributed by atoms with E-state index in [-0.39, 0.29) is 5.91 Å². The van der Waals surface area contributed by atoms with Crippen molar-refractivity contribution in [3.63, 3.8) is 0 Å². The lowest BCUT2D eigenvalue weighted by atomic mass is 10.0. The van der Waals surface area contributed by atoms with Crippen LogP contribution >= 0.6 is 11.8 Å². The first-order valence-electron chi connectivity index (χ1n) is 8.77. The van der Waals surface area contributed by atoms with Crippen molar-refractivity contribution < 1.29 is 4.79 Å². The summed E-state index contributed by atoms with van der Waals surface area (Å²) >= 11 is 1.59. The molecule has 25 heavy (non-hydrogen) atoms. The van der Waals surface area contributed by atoms with Gasteiger partial charge in [0.2, 0.25) is 5.91 Å². The van der Waals surface area contributed by atoms with Crippen LogP contribution in [0.2, 0.25) is 0 Å². The molecule has 2 aromatic rings. The second kappa shape index (κ2) is 9.02. The number of pyridine rings is 1. The van der Waals surface area contributed by atoms with Gasteiger partial charge in [0.05, 0.1) is 5.75 Å². The van der Waals surface area contributed by atoms with Gasteiger partial charge >= 0.3 is 0 Å². The van der Waals surface area contributed by atoms with Gasteiger partial charge in [0.1, 0.15) is 0 Å². The number of carbonyl (C=O) groups is 1. The lowest BCUT2D eigenvalue weighted by Gasteiger charge is -2.37. The van der Waals surface area contributed by atoms with Crippen molar-refractivity contribution in [2.75, 3.05) is 25.9 Å². The molecule has 1 aliphatic rings. The molecule has 1 atom stereocenters. The normalized spacial score (nSPS) is 17.7. The molecule has 5 heteroatoms. The molecule has 1 fully saturated rings. The highest BCUT2D eigenvalue weighted by molar-refractivity contribution is 8.00. The molecule has 1 aromatic heterocycles. The van der Waals surface area contributed by atoms with E-state index in [0.29, 0.717) is 11.8 Å². The smallest absolute Gasteiger partial charge is 0.232 e. The third-order valence-electron chi connectivity index (χ3n) is 4.66. The maximum atomic E-state index is 12.6. The van der Waals surface area contributed by atoms with Gasteiger partial charge < -0.3 is 4.90 Å². The van der Waals surface area contributed by atoms with Crippen molar-refractivity contribution >= 4 is 17.7 Å². The van der Waals surface area contributed by atoms with Crippen molar-refractivity contribution in [3.05, 3.63) is 60.4 Å². The first-order chi connectivity index (χ1) is 12.2. The predicted molar refractivity (Wildman–Crippen MR) is 102 cm³/mol. The second-order valence-corrected chi connectivity index (χ2v) is 7.56. The van der Waals surface area contributed by atoms with Gasteiger partial charge in [-0.1, -0.05) is 30.3 Å². The Labute approximate surface area is 154 Å². The van der Waals surface area contributed by atoms with E-state index in [9.17, 15) is 4.79 Å². The van der Waals surface area contributed by atoms with Gasteiger partial charge in [-0.25, -0.2) is 0 Å². The average Bonchev–Trinajstić information content (AvgIpc) is 2.68. The van der Waals surface area contributed by atoms with Crippen LogP contribution in [0.5, 0.6) is 0 Å². The fourth-order valence-electron chi connectivity index (χ4n) is 3.21. The first kappa shape index (κ1) is 18.0. The van der Waals surface area contributed by atoms with Crippen LogP contribution < -0.4 is 0 Å². The number of carbonyl (C=O) groups excluding carboxylic acids is 1. The molecule has 0 saturated carbocycles. The summed E-state index contributed by atoms with van der Waals surface area (Å²) in [6.07, 6.45) is 5.77. The topological polar surface area (TPSA) is 36.4 Å². The Balaban J connectivity index is 1.50. The SMILES string of the molecule is CN(Cc1ccccc1)C1CCCN(C(=O)CSc2ccncc2)C1. The molecular weight excluding hydrogens is 330 g/mol. The molecule has 1 aromatic carbocycles. The zero-order valence-corrected chi connectivity index (χ0v) is 15.5. The summed E-state index contributed by atoms with van der Waals surface area (Å²) in [4.78, 5) is 22.1. The Kier molecular flexibility index (Phi) is 6.48. The summed E-state index contributed by atoms with van der Waals surface area (Å²) in [5, 5.41) is 0. The molecule has 0 N–H and O–H groups in total. The van der Waals surface area contributed by atoms with Crippen molar-refractivity contribution in [2.24, 2.45) is 0 Å². The summed E-state index contributed by atoms with van der Waals surface area (Å²) in [7, 11) is 2.16. The zero-order valence-electron chi connectivity index (χ0n) is 14.7. The van der Waals surface area contributed by atoms with E-state index in [0.717, 1.165) is 37.4 Å². The van der Waals surface area contributed by atoms with E-state index >= 15 is 0 Å². The molecule has 0 bridgehead atoms. The number of likely N-dealkylation sites (N-methyl/N-ethyl adjacent to an activating group) is 1. The van der Waals surface area contributed by atoms with Crippen LogP contribution in [0.25, 0.3) is 0 Å². The monoisotopic (exact) mass is 355 g/mol. The first-order valence-corrected chi connectivity index (χ1v) is 9.75. The number of thioether (sulfide) groups is 1. The van der Waals surface area contributed by atoms with Crippen LogP contribution in [0.1, 0.15) is 18.4 Å². The van der Waals surface area contributed by atoms with E-state index < -0.39 is 0 Å². The molecule has 4 nitrogen and oxygen atoms in total. The Bertz CT molecular complexity index is 665. The molecule has 2 heterocycles. The highest BCUT2D eigenvalue weighted by Gasteiger charge is 2.26. The molecule has 3 rings (SSSR count). The largest absolute Gasteiger partial charge is 0.340 e. The predicted octanol–water partition coefficient (Wildman–Crippen LogP) is 3.30. The molecule has 0 radical (unpaired) electrons. The third kappa shape index (κ3) is 5.31. The van der Waals surface area contributed by atoms with Crippen molar-refractivity contribution in [1.82, 2.24) is 14.8 Å². The molecule has 0 spiro atoms. The molecule has 0 aliphatic carbocycles. The van der Waals surface area contributed by atoms with Crippen LogP contribution in [0, 0.1) is 0 Å². The molecule has 1 saturated heterocycles. The number of piperidine rings is 1. The Morgan fingerprint density at radius 3 is 2.76 bits per heavy atom. The molecule has 1 aliphatic heterocycles. The summed E-state index contributed by atoms with van der Waals surface area (Å²) in [5.41, 5.74) is 1.32. The summed E-state index contributed by atoms with van der Waals surface area (Å²) < 4.78 is 0. The second-order valence-electron chi connectivity index (χ2n) is 6.51. The molecule has 132 valence electrons. The van der Waals surface area contributed by atoms with Gasteiger partial charge in [0.15, 0.2) is 0 Å². The lowest BCUT2D eigenvalue weighted by Crippen LogP contribution is -2.48. The standard InChI is InChI=1S/C20H25N3OS/c1-22(14-17-6-3-2-4-7-17)18-8-5-13-23(15-18)20(24)16-25-19-9-11-21-12-10-19/h2-4,6-7,9-12,18H,5,8,13-16H2,1H3. The van der Waals surface area contributed by atoms with Gasteiger partial charge in [0, 0.05) is 43.0 Å².